The molecule has 3 saturated heterocycles. The van der Waals surface area contributed by atoms with E-state index >= 15 is 0 Å². The number of aromatic nitrogens is 2. The lowest BCUT2D eigenvalue weighted by Crippen LogP contribution is -2.45. The van der Waals surface area contributed by atoms with Crippen molar-refractivity contribution in [3.05, 3.63) is 41.7 Å². The number of hydrogen-bond acceptors (Lipinski definition) is 6. The monoisotopic (exact) mass is 512 g/mol. The van der Waals surface area contributed by atoms with Crippen LogP contribution in [0.5, 0.6) is 0 Å². The number of anilines is 3. The van der Waals surface area contributed by atoms with Crippen molar-refractivity contribution >= 4 is 34.9 Å². The Morgan fingerprint density at radius 3 is 2.47 bits per heavy atom. The second kappa shape index (κ2) is 11.3. The van der Waals surface area contributed by atoms with Gasteiger partial charge in [-0.25, -0.2) is 4.39 Å². The van der Waals surface area contributed by atoms with Crippen LogP contribution in [0.25, 0.3) is 0 Å². The molecule has 0 aliphatic carbocycles. The first-order valence-electron chi connectivity index (χ1n) is 13.3. The highest BCUT2D eigenvalue weighted by atomic mass is 32.1. The maximum absolute atomic E-state index is 13.6. The van der Waals surface area contributed by atoms with Crippen molar-refractivity contribution < 1.29 is 9.13 Å². The molecule has 2 aromatic rings. The van der Waals surface area contributed by atoms with Gasteiger partial charge in [-0.1, -0.05) is 12.1 Å². The minimum atomic E-state index is -0.222. The Labute approximate surface area is 218 Å². The number of ether oxygens (including phenoxy) is 1. The van der Waals surface area contributed by atoms with E-state index in [0.717, 1.165) is 49.7 Å². The van der Waals surface area contributed by atoms with Crippen LogP contribution in [0, 0.1) is 5.82 Å². The minimum absolute atomic E-state index is 0.162. The third-order valence-corrected chi connectivity index (χ3v) is 8.19. The Morgan fingerprint density at radius 2 is 1.75 bits per heavy atom. The molecule has 3 aliphatic heterocycles. The summed E-state index contributed by atoms with van der Waals surface area (Å²) in [7, 11) is 0. The molecule has 1 aromatic carbocycles. The minimum Gasteiger partial charge on any atom is -0.381 e. The second-order valence-electron chi connectivity index (χ2n) is 10.3. The lowest BCUT2D eigenvalue weighted by molar-refractivity contribution is 0.0515. The molecular formula is C27H37FN6OS. The van der Waals surface area contributed by atoms with Crippen molar-refractivity contribution in [2.45, 2.75) is 63.3 Å². The SMILES string of the molecule is C[C@@H]1CCCCN1c1cc(N2CCCC2)nc(NC(=S)NCC2(c3ccc(F)cc3)CCOCC2)n1. The van der Waals surface area contributed by atoms with Crippen LogP contribution >= 0.6 is 12.2 Å². The number of thiocarbonyl (C=S) groups is 1. The van der Waals surface area contributed by atoms with E-state index in [2.05, 4.69) is 33.4 Å². The van der Waals surface area contributed by atoms with Crippen molar-refractivity contribution in [3.8, 4) is 0 Å². The molecular weight excluding hydrogens is 475 g/mol. The lowest BCUT2D eigenvalue weighted by atomic mass is 9.74. The first kappa shape index (κ1) is 25.1. The Bertz CT molecular complexity index is 1040. The number of benzene rings is 1. The van der Waals surface area contributed by atoms with Gasteiger partial charge >= 0.3 is 0 Å². The molecule has 194 valence electrons. The summed E-state index contributed by atoms with van der Waals surface area (Å²) >= 11 is 5.71. The van der Waals surface area contributed by atoms with Crippen LogP contribution in [0.4, 0.5) is 22.0 Å². The highest BCUT2D eigenvalue weighted by Gasteiger charge is 2.34. The van der Waals surface area contributed by atoms with Gasteiger partial charge in [0.2, 0.25) is 5.95 Å². The fraction of sp³-hybridized carbons (Fsp3) is 0.593. The van der Waals surface area contributed by atoms with Crippen LogP contribution in [0.2, 0.25) is 0 Å². The van der Waals surface area contributed by atoms with Gasteiger partial charge in [-0.15, -0.1) is 0 Å². The van der Waals surface area contributed by atoms with Gasteiger partial charge in [-0.05, 0) is 81.8 Å². The summed E-state index contributed by atoms with van der Waals surface area (Å²) in [6.45, 7) is 7.33. The summed E-state index contributed by atoms with van der Waals surface area (Å²) in [6.07, 6.45) is 7.72. The average Bonchev–Trinajstić information content (AvgIpc) is 3.44. The van der Waals surface area contributed by atoms with Crippen molar-refractivity contribution in [1.82, 2.24) is 15.3 Å². The van der Waals surface area contributed by atoms with Gasteiger partial charge in [0.25, 0.3) is 0 Å². The van der Waals surface area contributed by atoms with Gasteiger partial charge in [0.15, 0.2) is 5.11 Å². The van der Waals surface area contributed by atoms with E-state index in [-0.39, 0.29) is 11.2 Å². The molecule has 1 atom stereocenters. The molecule has 0 spiro atoms. The number of halogens is 1. The zero-order valence-electron chi connectivity index (χ0n) is 21.1. The van der Waals surface area contributed by atoms with Crippen molar-refractivity contribution in [1.29, 1.82) is 0 Å². The smallest absolute Gasteiger partial charge is 0.232 e. The molecule has 3 aliphatic rings. The van der Waals surface area contributed by atoms with E-state index in [1.807, 2.05) is 12.1 Å². The molecule has 0 radical (unpaired) electrons. The summed E-state index contributed by atoms with van der Waals surface area (Å²) < 4.78 is 19.2. The van der Waals surface area contributed by atoms with E-state index in [1.165, 1.54) is 44.2 Å². The first-order valence-corrected chi connectivity index (χ1v) is 13.7. The molecule has 5 rings (SSSR count). The lowest BCUT2D eigenvalue weighted by Gasteiger charge is -2.38. The largest absolute Gasteiger partial charge is 0.381 e. The van der Waals surface area contributed by atoms with Crippen LogP contribution in [-0.4, -0.2) is 60.5 Å². The quantitative estimate of drug-likeness (QED) is 0.544. The zero-order chi connectivity index (χ0) is 25.0. The molecule has 7 nitrogen and oxygen atoms in total. The molecule has 0 amide bonds. The van der Waals surface area contributed by atoms with Crippen molar-refractivity contribution in [2.24, 2.45) is 0 Å². The van der Waals surface area contributed by atoms with E-state index in [0.29, 0.717) is 36.9 Å². The number of hydrogen-bond donors (Lipinski definition) is 2. The number of piperidine rings is 1. The maximum Gasteiger partial charge on any atom is 0.232 e. The Morgan fingerprint density at radius 1 is 1.06 bits per heavy atom. The van der Waals surface area contributed by atoms with E-state index in [1.54, 1.807) is 0 Å². The summed E-state index contributed by atoms with van der Waals surface area (Å²) in [4.78, 5) is 14.5. The van der Waals surface area contributed by atoms with E-state index < -0.39 is 0 Å². The molecule has 0 bridgehead atoms. The predicted molar refractivity (Wildman–Crippen MR) is 146 cm³/mol. The highest BCUT2D eigenvalue weighted by molar-refractivity contribution is 7.80. The normalized spacial score (nSPS) is 21.9. The Kier molecular flexibility index (Phi) is 7.86. The predicted octanol–water partition coefficient (Wildman–Crippen LogP) is 4.63. The number of rotatable bonds is 6. The van der Waals surface area contributed by atoms with Crippen molar-refractivity contribution in [3.63, 3.8) is 0 Å². The van der Waals surface area contributed by atoms with Gasteiger partial charge in [-0.3, -0.25) is 0 Å². The fourth-order valence-electron chi connectivity index (χ4n) is 5.70. The molecule has 36 heavy (non-hydrogen) atoms. The molecule has 3 fully saturated rings. The summed E-state index contributed by atoms with van der Waals surface area (Å²) in [5.41, 5.74) is 0.945. The molecule has 4 heterocycles. The Balaban J connectivity index is 1.32. The zero-order valence-corrected chi connectivity index (χ0v) is 22.0. The van der Waals surface area contributed by atoms with Gasteiger partial charge in [0.05, 0.1) is 0 Å². The van der Waals surface area contributed by atoms with Gasteiger partial charge in [0.1, 0.15) is 17.5 Å². The van der Waals surface area contributed by atoms with Gasteiger partial charge in [-0.2, -0.15) is 9.97 Å². The summed E-state index contributed by atoms with van der Waals surface area (Å²) in [5, 5.41) is 7.19. The molecule has 0 saturated carbocycles. The summed E-state index contributed by atoms with van der Waals surface area (Å²) in [6, 6.07) is 9.43. The van der Waals surface area contributed by atoms with Crippen molar-refractivity contribution in [2.75, 3.05) is 54.5 Å². The third kappa shape index (κ3) is 5.72. The molecule has 0 unspecified atom stereocenters. The van der Waals surface area contributed by atoms with E-state index in [4.69, 9.17) is 26.9 Å². The molecule has 9 heteroatoms. The van der Waals surface area contributed by atoms with E-state index in [9.17, 15) is 4.39 Å². The van der Waals surface area contributed by atoms with Crippen LogP contribution in [0.1, 0.15) is 57.4 Å². The number of nitrogens with one attached hydrogen (secondary N) is 2. The van der Waals surface area contributed by atoms with Crippen LogP contribution in [0.15, 0.2) is 30.3 Å². The second-order valence-corrected chi connectivity index (χ2v) is 10.8. The highest BCUT2D eigenvalue weighted by Crippen LogP contribution is 2.34. The Hall–Kier alpha value is -2.52. The molecule has 2 N–H and O–H groups in total. The summed E-state index contributed by atoms with van der Waals surface area (Å²) in [5.74, 6) is 2.25. The fourth-order valence-corrected chi connectivity index (χ4v) is 5.86. The average molecular weight is 513 g/mol. The van der Waals surface area contributed by atoms with Crippen LogP contribution < -0.4 is 20.4 Å². The third-order valence-electron chi connectivity index (χ3n) is 7.95. The van der Waals surface area contributed by atoms with Gasteiger partial charge in [0, 0.05) is 56.9 Å². The first-order chi connectivity index (χ1) is 17.5. The van der Waals surface area contributed by atoms with Gasteiger partial charge < -0.3 is 25.2 Å². The molecule has 1 aromatic heterocycles. The topological polar surface area (TPSA) is 65.5 Å². The maximum atomic E-state index is 13.6. The number of nitrogens with zero attached hydrogens (tertiary/aromatic N) is 4. The van der Waals surface area contributed by atoms with Crippen LogP contribution in [-0.2, 0) is 10.2 Å². The van der Waals surface area contributed by atoms with Crippen LogP contribution in [0.3, 0.4) is 0 Å². The standard InChI is InChI=1S/C27H37FN6OS/c1-20-6-2-3-15-34(20)24-18-23(33-13-4-5-14-33)30-25(31-24)32-26(36)29-19-27(11-16-35-17-12-27)21-7-9-22(28)10-8-21/h7-10,18,20H,2-6,11-17,19H2,1H3,(H2,29,30,31,32,36)/t20-/m1/s1.